The van der Waals surface area contributed by atoms with Crippen LogP contribution in [0.25, 0.3) is 10.9 Å². The van der Waals surface area contributed by atoms with E-state index in [1.54, 1.807) is 21.8 Å². The molecule has 0 spiro atoms. The Balaban J connectivity index is 1.43. The number of nitrogens with zero attached hydrogens (tertiary/aromatic N) is 5. The quantitative estimate of drug-likeness (QED) is 0.674. The molecule has 4 rings (SSSR count). The van der Waals surface area contributed by atoms with Crippen molar-refractivity contribution < 1.29 is 4.79 Å². The van der Waals surface area contributed by atoms with Gasteiger partial charge in [-0.2, -0.15) is 0 Å². The lowest BCUT2D eigenvalue weighted by molar-refractivity contribution is 0.0752. The van der Waals surface area contributed by atoms with E-state index < -0.39 is 0 Å². The summed E-state index contributed by atoms with van der Waals surface area (Å²) in [5.41, 5.74) is 2.93. The average Bonchev–Trinajstić information content (AvgIpc) is 3.14. The van der Waals surface area contributed by atoms with Gasteiger partial charge in [0.2, 0.25) is 0 Å². The van der Waals surface area contributed by atoms with E-state index >= 15 is 0 Å². The van der Waals surface area contributed by atoms with E-state index in [9.17, 15) is 9.59 Å². The molecule has 1 aliphatic rings. The van der Waals surface area contributed by atoms with Gasteiger partial charge in [-0.1, -0.05) is 12.1 Å². The maximum atomic E-state index is 12.7. The van der Waals surface area contributed by atoms with Crippen LogP contribution in [0.2, 0.25) is 0 Å². The standard InChI is InChI=1S/C20H23N5O2S/c1-15(11-25-13-21-17-6-3-2-5-16(17)19(25)26)23-7-4-8-24(10-9-23)20(27)18-12-28-14-22-18/h2-3,5-6,12-15H,4,7-11H2,1H3. The third kappa shape index (κ3) is 3.83. The molecule has 3 heterocycles. The van der Waals surface area contributed by atoms with Gasteiger partial charge in [-0.25, -0.2) is 9.97 Å². The zero-order valence-electron chi connectivity index (χ0n) is 15.8. The van der Waals surface area contributed by atoms with Crippen molar-refractivity contribution in [3.05, 3.63) is 57.5 Å². The van der Waals surface area contributed by atoms with Crippen LogP contribution in [0.3, 0.4) is 0 Å². The zero-order valence-corrected chi connectivity index (χ0v) is 16.6. The number of hydrogen-bond acceptors (Lipinski definition) is 6. The fourth-order valence-corrected chi connectivity index (χ4v) is 4.22. The maximum Gasteiger partial charge on any atom is 0.273 e. The number of amides is 1. The predicted molar refractivity (Wildman–Crippen MR) is 110 cm³/mol. The summed E-state index contributed by atoms with van der Waals surface area (Å²) in [7, 11) is 0. The van der Waals surface area contributed by atoms with Gasteiger partial charge in [-0.3, -0.25) is 19.1 Å². The fourth-order valence-electron chi connectivity index (χ4n) is 3.70. The SMILES string of the molecule is CC(Cn1cnc2ccccc2c1=O)N1CCCN(C(=O)c2cscn2)CC1. The van der Waals surface area contributed by atoms with E-state index in [1.165, 1.54) is 11.3 Å². The minimum Gasteiger partial charge on any atom is -0.336 e. The van der Waals surface area contributed by atoms with Crippen LogP contribution < -0.4 is 5.56 Å². The molecule has 0 bridgehead atoms. The number of thiazole rings is 1. The molecule has 0 aliphatic carbocycles. The molecule has 0 radical (unpaired) electrons. The monoisotopic (exact) mass is 397 g/mol. The molecule has 0 N–H and O–H groups in total. The van der Waals surface area contributed by atoms with E-state index in [2.05, 4.69) is 21.8 Å². The van der Waals surface area contributed by atoms with Gasteiger partial charge in [0, 0.05) is 44.1 Å². The highest BCUT2D eigenvalue weighted by Gasteiger charge is 2.24. The first-order chi connectivity index (χ1) is 13.6. The van der Waals surface area contributed by atoms with Crippen LogP contribution in [-0.4, -0.2) is 62.5 Å². The highest BCUT2D eigenvalue weighted by molar-refractivity contribution is 7.07. The number of rotatable bonds is 4. The lowest BCUT2D eigenvalue weighted by Crippen LogP contribution is -2.41. The molecule has 1 saturated heterocycles. The van der Waals surface area contributed by atoms with Gasteiger partial charge in [-0.15, -0.1) is 11.3 Å². The largest absolute Gasteiger partial charge is 0.336 e. The van der Waals surface area contributed by atoms with Gasteiger partial charge in [0.15, 0.2) is 0 Å². The van der Waals surface area contributed by atoms with Crippen molar-refractivity contribution in [1.82, 2.24) is 24.3 Å². The number of aromatic nitrogens is 3. The van der Waals surface area contributed by atoms with Crippen LogP contribution in [0.4, 0.5) is 0 Å². The van der Waals surface area contributed by atoms with Gasteiger partial charge in [0.1, 0.15) is 5.69 Å². The lowest BCUT2D eigenvalue weighted by atomic mass is 10.2. The second kappa shape index (κ2) is 8.20. The Morgan fingerprint density at radius 2 is 2.04 bits per heavy atom. The Bertz CT molecular complexity index is 1020. The number of fused-ring (bicyclic) bond motifs is 1. The highest BCUT2D eigenvalue weighted by atomic mass is 32.1. The molecule has 1 aromatic carbocycles. The molecule has 1 fully saturated rings. The van der Waals surface area contributed by atoms with E-state index in [0.717, 1.165) is 31.6 Å². The molecule has 28 heavy (non-hydrogen) atoms. The topological polar surface area (TPSA) is 71.3 Å². The molecule has 2 aromatic heterocycles. The molecular formula is C20H23N5O2S. The minimum atomic E-state index is -0.00684. The number of carbonyl (C=O) groups excluding carboxylic acids is 1. The Kier molecular flexibility index (Phi) is 5.50. The van der Waals surface area contributed by atoms with Crippen molar-refractivity contribution in [2.24, 2.45) is 0 Å². The molecule has 1 unspecified atom stereocenters. The lowest BCUT2D eigenvalue weighted by Gasteiger charge is -2.28. The first-order valence-electron chi connectivity index (χ1n) is 9.49. The first kappa shape index (κ1) is 18.8. The molecule has 1 aliphatic heterocycles. The molecule has 3 aromatic rings. The summed E-state index contributed by atoms with van der Waals surface area (Å²) in [6.07, 6.45) is 2.54. The Morgan fingerprint density at radius 3 is 2.86 bits per heavy atom. The summed E-state index contributed by atoms with van der Waals surface area (Å²) in [4.78, 5) is 38.0. The molecular weight excluding hydrogens is 374 g/mol. The Morgan fingerprint density at radius 1 is 1.18 bits per heavy atom. The molecule has 1 amide bonds. The predicted octanol–water partition coefficient (Wildman–Crippen LogP) is 2.09. The van der Waals surface area contributed by atoms with Crippen molar-refractivity contribution in [1.29, 1.82) is 0 Å². The Hall–Kier alpha value is -2.58. The molecule has 1 atom stereocenters. The fraction of sp³-hybridized carbons (Fsp3) is 0.400. The van der Waals surface area contributed by atoms with Crippen LogP contribution in [0.1, 0.15) is 23.8 Å². The van der Waals surface area contributed by atoms with Gasteiger partial charge >= 0.3 is 0 Å². The summed E-state index contributed by atoms with van der Waals surface area (Å²) in [6, 6.07) is 7.60. The van der Waals surface area contributed by atoms with Crippen molar-refractivity contribution in [2.75, 3.05) is 26.2 Å². The van der Waals surface area contributed by atoms with Crippen molar-refractivity contribution >= 4 is 28.1 Å². The van der Waals surface area contributed by atoms with Crippen LogP contribution in [0.15, 0.2) is 46.3 Å². The van der Waals surface area contributed by atoms with Gasteiger partial charge in [-0.05, 0) is 25.5 Å². The van der Waals surface area contributed by atoms with Crippen molar-refractivity contribution in [3.8, 4) is 0 Å². The second-order valence-electron chi connectivity index (χ2n) is 7.12. The number of benzene rings is 1. The third-order valence-electron chi connectivity index (χ3n) is 5.28. The second-order valence-corrected chi connectivity index (χ2v) is 7.84. The first-order valence-corrected chi connectivity index (χ1v) is 10.4. The van der Waals surface area contributed by atoms with Gasteiger partial charge < -0.3 is 4.90 Å². The van der Waals surface area contributed by atoms with Gasteiger partial charge in [0.25, 0.3) is 11.5 Å². The van der Waals surface area contributed by atoms with E-state index in [1.807, 2.05) is 29.2 Å². The summed E-state index contributed by atoms with van der Waals surface area (Å²) in [5, 5.41) is 2.44. The van der Waals surface area contributed by atoms with E-state index in [4.69, 9.17) is 0 Å². The van der Waals surface area contributed by atoms with Gasteiger partial charge in [0.05, 0.1) is 22.7 Å². The molecule has 7 nitrogen and oxygen atoms in total. The number of hydrogen-bond donors (Lipinski definition) is 0. The highest BCUT2D eigenvalue weighted by Crippen LogP contribution is 2.13. The summed E-state index contributed by atoms with van der Waals surface area (Å²) < 4.78 is 1.69. The molecule has 8 heteroatoms. The smallest absolute Gasteiger partial charge is 0.273 e. The summed E-state index contributed by atoms with van der Waals surface area (Å²) >= 11 is 1.44. The van der Waals surface area contributed by atoms with Crippen molar-refractivity contribution in [3.63, 3.8) is 0 Å². The zero-order chi connectivity index (χ0) is 19.5. The van der Waals surface area contributed by atoms with Crippen molar-refractivity contribution in [2.45, 2.75) is 25.9 Å². The van der Waals surface area contributed by atoms with Crippen LogP contribution in [0.5, 0.6) is 0 Å². The van der Waals surface area contributed by atoms with Crippen LogP contribution in [-0.2, 0) is 6.54 Å². The van der Waals surface area contributed by atoms with Crippen LogP contribution in [0, 0.1) is 0 Å². The Labute approximate surface area is 167 Å². The summed E-state index contributed by atoms with van der Waals surface area (Å²) in [6.45, 7) is 5.80. The van der Waals surface area contributed by atoms with Crippen LogP contribution >= 0.6 is 11.3 Å². The molecule has 146 valence electrons. The maximum absolute atomic E-state index is 12.7. The van der Waals surface area contributed by atoms with E-state index in [-0.39, 0.29) is 17.5 Å². The normalized spacial score (nSPS) is 16.8. The van der Waals surface area contributed by atoms with E-state index in [0.29, 0.717) is 24.2 Å². The molecule has 0 saturated carbocycles. The number of para-hydroxylation sites is 1. The number of carbonyl (C=O) groups is 1. The third-order valence-corrected chi connectivity index (χ3v) is 5.87. The summed E-state index contributed by atoms with van der Waals surface area (Å²) in [5.74, 6) is 0.00528. The minimum absolute atomic E-state index is 0.00528. The average molecular weight is 398 g/mol.